The lowest BCUT2D eigenvalue weighted by Crippen LogP contribution is -2.41. The highest BCUT2D eigenvalue weighted by atomic mass is 127. The van der Waals surface area contributed by atoms with Crippen molar-refractivity contribution < 1.29 is 9.90 Å². The van der Waals surface area contributed by atoms with E-state index < -0.39 is 0 Å². The molecule has 1 fully saturated rings. The Labute approximate surface area is 118 Å². The van der Waals surface area contributed by atoms with Crippen molar-refractivity contribution in [2.24, 2.45) is 0 Å². The number of hydrogen-bond donors (Lipinski definition) is 3. The lowest BCUT2D eigenvalue weighted by atomic mass is 10.2. The molecule has 1 saturated heterocycles. The second-order valence-corrected chi connectivity index (χ2v) is 7.16. The van der Waals surface area contributed by atoms with Crippen LogP contribution in [0.5, 0.6) is 0 Å². The topological polar surface area (TPSA) is 61.4 Å². The standard InChI is InChI=1S/C11H15IN2O2S/c12-10-2-1-8(17-10)3-4-13-11(16)9-5-7(15)6-14-9/h1-2,7,9,14-15H,3-6H2,(H,13,16). The van der Waals surface area contributed by atoms with Gasteiger partial charge in [0.2, 0.25) is 5.91 Å². The Bertz CT molecular complexity index is 397. The van der Waals surface area contributed by atoms with Gasteiger partial charge >= 0.3 is 0 Å². The van der Waals surface area contributed by atoms with Gasteiger partial charge in [0, 0.05) is 18.0 Å². The van der Waals surface area contributed by atoms with E-state index >= 15 is 0 Å². The van der Waals surface area contributed by atoms with Gasteiger partial charge in [-0.1, -0.05) is 0 Å². The summed E-state index contributed by atoms with van der Waals surface area (Å²) in [5, 5.41) is 15.2. The zero-order chi connectivity index (χ0) is 12.3. The zero-order valence-electron chi connectivity index (χ0n) is 9.28. The van der Waals surface area contributed by atoms with Crippen molar-refractivity contribution in [1.29, 1.82) is 0 Å². The quantitative estimate of drug-likeness (QED) is 0.689. The van der Waals surface area contributed by atoms with Crippen LogP contribution < -0.4 is 10.6 Å². The van der Waals surface area contributed by atoms with Crippen molar-refractivity contribution in [2.75, 3.05) is 13.1 Å². The molecular formula is C11H15IN2O2S. The van der Waals surface area contributed by atoms with E-state index in [1.807, 2.05) is 0 Å². The molecule has 1 aliphatic heterocycles. The van der Waals surface area contributed by atoms with E-state index in [4.69, 9.17) is 0 Å². The molecule has 0 aromatic carbocycles. The SMILES string of the molecule is O=C(NCCc1ccc(I)s1)C1CC(O)CN1. The summed E-state index contributed by atoms with van der Waals surface area (Å²) in [6.07, 6.45) is 1.00. The molecule has 2 rings (SSSR count). The molecule has 94 valence electrons. The molecule has 2 atom stereocenters. The Kier molecular flexibility index (Phi) is 4.78. The van der Waals surface area contributed by atoms with Gasteiger partial charge in [0.15, 0.2) is 0 Å². The maximum absolute atomic E-state index is 11.7. The number of rotatable bonds is 4. The van der Waals surface area contributed by atoms with Crippen LogP contribution in [0.4, 0.5) is 0 Å². The average Bonchev–Trinajstić information content (AvgIpc) is 2.88. The third kappa shape index (κ3) is 3.90. The van der Waals surface area contributed by atoms with E-state index in [-0.39, 0.29) is 18.1 Å². The summed E-state index contributed by atoms with van der Waals surface area (Å²) in [5.74, 6) is -0.00666. The first kappa shape index (κ1) is 13.3. The van der Waals surface area contributed by atoms with Gasteiger partial charge in [-0.3, -0.25) is 4.79 Å². The van der Waals surface area contributed by atoms with Crippen molar-refractivity contribution in [2.45, 2.75) is 25.0 Å². The highest BCUT2D eigenvalue weighted by molar-refractivity contribution is 14.1. The first-order valence-electron chi connectivity index (χ1n) is 5.58. The zero-order valence-corrected chi connectivity index (χ0v) is 12.3. The molecule has 0 radical (unpaired) electrons. The van der Waals surface area contributed by atoms with Crippen LogP contribution in [-0.2, 0) is 11.2 Å². The fourth-order valence-corrected chi connectivity index (χ4v) is 3.59. The smallest absolute Gasteiger partial charge is 0.237 e. The van der Waals surface area contributed by atoms with Crippen molar-refractivity contribution in [3.8, 4) is 0 Å². The van der Waals surface area contributed by atoms with Crippen LogP contribution in [0.2, 0.25) is 0 Å². The summed E-state index contributed by atoms with van der Waals surface area (Å²) < 4.78 is 1.27. The number of hydrogen-bond acceptors (Lipinski definition) is 4. The van der Waals surface area contributed by atoms with Crippen LogP contribution in [0.1, 0.15) is 11.3 Å². The predicted molar refractivity (Wildman–Crippen MR) is 76.2 cm³/mol. The molecule has 1 aliphatic rings. The first-order valence-corrected chi connectivity index (χ1v) is 7.48. The highest BCUT2D eigenvalue weighted by Crippen LogP contribution is 2.18. The van der Waals surface area contributed by atoms with Crippen molar-refractivity contribution in [3.63, 3.8) is 0 Å². The Balaban J connectivity index is 1.70. The molecule has 17 heavy (non-hydrogen) atoms. The van der Waals surface area contributed by atoms with Gasteiger partial charge in [0.05, 0.1) is 15.0 Å². The van der Waals surface area contributed by atoms with Gasteiger partial charge in [0.1, 0.15) is 0 Å². The summed E-state index contributed by atoms with van der Waals surface area (Å²) in [5.41, 5.74) is 0. The van der Waals surface area contributed by atoms with E-state index in [2.05, 4.69) is 45.4 Å². The maximum Gasteiger partial charge on any atom is 0.237 e. The molecule has 1 amide bonds. The van der Waals surface area contributed by atoms with Crippen molar-refractivity contribution in [1.82, 2.24) is 10.6 Å². The second kappa shape index (κ2) is 6.12. The molecule has 0 spiro atoms. The van der Waals surface area contributed by atoms with Crippen LogP contribution in [0.3, 0.4) is 0 Å². The van der Waals surface area contributed by atoms with E-state index in [0.29, 0.717) is 19.5 Å². The minimum absolute atomic E-state index is 0.00666. The molecule has 0 aliphatic carbocycles. The molecular weight excluding hydrogens is 351 g/mol. The van der Waals surface area contributed by atoms with Crippen LogP contribution in [0.15, 0.2) is 12.1 Å². The normalized spacial score (nSPS) is 23.9. The predicted octanol–water partition coefficient (Wildman–Crippen LogP) is 0.734. The van der Waals surface area contributed by atoms with E-state index in [1.165, 1.54) is 7.76 Å². The third-order valence-electron chi connectivity index (χ3n) is 2.72. The Morgan fingerprint density at radius 3 is 3.06 bits per heavy atom. The van der Waals surface area contributed by atoms with Gasteiger partial charge in [-0.05, 0) is 47.6 Å². The van der Waals surface area contributed by atoms with Crippen LogP contribution in [0.25, 0.3) is 0 Å². The van der Waals surface area contributed by atoms with E-state index in [1.54, 1.807) is 11.3 Å². The van der Waals surface area contributed by atoms with Crippen LogP contribution in [-0.4, -0.2) is 36.2 Å². The minimum Gasteiger partial charge on any atom is -0.392 e. The number of aliphatic hydroxyl groups excluding tert-OH is 1. The number of β-amino-alcohol motifs (C(OH)–C–C–N with tert-alkyl or cyclic N) is 1. The molecule has 0 saturated carbocycles. The molecule has 6 heteroatoms. The second-order valence-electron chi connectivity index (χ2n) is 4.10. The number of carbonyl (C=O) groups is 1. The summed E-state index contributed by atoms with van der Waals surface area (Å²) >= 11 is 4.04. The van der Waals surface area contributed by atoms with E-state index in [9.17, 15) is 9.90 Å². The molecule has 2 unspecified atom stereocenters. The Hall–Kier alpha value is -0.180. The molecule has 0 bridgehead atoms. The van der Waals surface area contributed by atoms with Gasteiger partial charge in [-0.25, -0.2) is 0 Å². The number of aliphatic hydroxyl groups is 1. The minimum atomic E-state index is -0.385. The van der Waals surface area contributed by atoms with Gasteiger partial charge in [0.25, 0.3) is 0 Å². The third-order valence-corrected chi connectivity index (χ3v) is 4.68. The fraction of sp³-hybridized carbons (Fsp3) is 0.545. The summed E-state index contributed by atoms with van der Waals surface area (Å²) in [6.45, 7) is 1.17. The summed E-state index contributed by atoms with van der Waals surface area (Å²) in [7, 11) is 0. The summed E-state index contributed by atoms with van der Waals surface area (Å²) in [4.78, 5) is 13.0. The monoisotopic (exact) mass is 366 g/mol. The number of thiophene rings is 1. The molecule has 3 N–H and O–H groups in total. The molecule has 1 aromatic rings. The molecule has 2 heterocycles. The first-order chi connectivity index (χ1) is 8.15. The largest absolute Gasteiger partial charge is 0.392 e. The summed E-state index contributed by atoms with van der Waals surface area (Å²) in [6, 6.07) is 3.95. The Morgan fingerprint density at radius 1 is 1.65 bits per heavy atom. The van der Waals surface area contributed by atoms with Crippen molar-refractivity contribution in [3.05, 3.63) is 19.9 Å². The van der Waals surface area contributed by atoms with Crippen LogP contribution in [0, 0.1) is 2.88 Å². The van der Waals surface area contributed by atoms with Gasteiger partial charge in [-0.2, -0.15) is 0 Å². The number of halogens is 1. The number of amides is 1. The highest BCUT2D eigenvalue weighted by Gasteiger charge is 2.27. The lowest BCUT2D eigenvalue weighted by Gasteiger charge is -2.10. The lowest BCUT2D eigenvalue weighted by molar-refractivity contribution is -0.122. The van der Waals surface area contributed by atoms with Gasteiger partial charge in [-0.15, -0.1) is 11.3 Å². The Morgan fingerprint density at radius 2 is 2.47 bits per heavy atom. The van der Waals surface area contributed by atoms with Crippen molar-refractivity contribution >= 4 is 39.8 Å². The fourth-order valence-electron chi connectivity index (χ4n) is 1.83. The number of nitrogens with one attached hydrogen (secondary N) is 2. The molecule has 4 nitrogen and oxygen atoms in total. The van der Waals surface area contributed by atoms with Crippen LogP contribution >= 0.6 is 33.9 Å². The van der Waals surface area contributed by atoms with E-state index in [0.717, 1.165) is 6.42 Å². The van der Waals surface area contributed by atoms with Gasteiger partial charge < -0.3 is 15.7 Å². The maximum atomic E-state index is 11.7. The molecule has 1 aromatic heterocycles. The average molecular weight is 366 g/mol. The number of carbonyl (C=O) groups excluding carboxylic acids is 1.